The van der Waals surface area contributed by atoms with E-state index in [4.69, 9.17) is 76.8 Å². The van der Waals surface area contributed by atoms with E-state index >= 15 is 0 Å². The molecule has 16 heteroatoms. The standard InChI is InChI=1S/2C6H7NO3.2C6H6NO2.O.Zr/c2*7-3-1-2-4(8)6(10)5(3)9;2*7-4-1-2-5(8)6(9)3-4;;/h2*1-2,8-10H,7H2;2*1-2,8-9H,7H2;;/q;;2*-1;;+2. The predicted octanol–water partition coefficient (Wildman–Crippen LogP) is 1.61. The van der Waals surface area contributed by atoms with E-state index in [-0.39, 0.29) is 45.9 Å². The number of hydrogen-bond acceptors (Lipinski definition) is 15. The first-order valence-corrected chi connectivity index (χ1v) is 11.2. The Morgan fingerprint density at radius 2 is 0.700 bits per heavy atom. The number of nitrogen functional groups attached to an aromatic ring is 4. The van der Waals surface area contributed by atoms with Gasteiger partial charge in [0.25, 0.3) is 0 Å². The van der Waals surface area contributed by atoms with Gasteiger partial charge in [0.1, 0.15) is 0 Å². The molecule has 0 amide bonds. The van der Waals surface area contributed by atoms with Gasteiger partial charge in [-0.1, -0.05) is 11.4 Å². The van der Waals surface area contributed by atoms with Gasteiger partial charge in [-0.3, -0.25) is 0 Å². The summed E-state index contributed by atoms with van der Waals surface area (Å²) >= 11 is 0.300. The second kappa shape index (κ2) is 16.6. The van der Waals surface area contributed by atoms with E-state index in [1.165, 1.54) is 48.5 Å². The second-order valence-corrected chi connectivity index (χ2v) is 7.04. The Kier molecular flexibility index (Phi) is 14.4. The molecule has 212 valence electrons. The van der Waals surface area contributed by atoms with Crippen LogP contribution in [0.25, 0.3) is 0 Å². The van der Waals surface area contributed by atoms with Crippen molar-refractivity contribution in [1.29, 1.82) is 0 Å². The zero-order chi connectivity index (χ0) is 31.2. The van der Waals surface area contributed by atoms with Crippen molar-refractivity contribution in [3.05, 3.63) is 60.7 Å². The number of phenols is 10. The van der Waals surface area contributed by atoms with Gasteiger partial charge in [0, 0.05) is 23.0 Å². The van der Waals surface area contributed by atoms with E-state index in [0.29, 0.717) is 36.1 Å². The molecule has 40 heavy (non-hydrogen) atoms. The molecule has 4 aromatic rings. The zero-order valence-corrected chi connectivity index (χ0v) is 22.8. The Bertz CT molecular complexity index is 1250. The van der Waals surface area contributed by atoms with E-state index in [1.54, 1.807) is 0 Å². The molecule has 0 atom stereocenters. The Morgan fingerprint density at radius 1 is 0.425 bits per heavy atom. The molecule has 0 saturated carbocycles. The summed E-state index contributed by atoms with van der Waals surface area (Å²) in [5.41, 5.74) is 21.4. The van der Waals surface area contributed by atoms with Crippen LogP contribution in [0.2, 0.25) is 0 Å². The maximum absolute atomic E-state index is 8.85. The number of anilines is 4. The number of aromatic hydroxyl groups is 10. The van der Waals surface area contributed by atoms with Crippen molar-refractivity contribution in [2.45, 2.75) is 0 Å². The van der Waals surface area contributed by atoms with Gasteiger partial charge in [0.2, 0.25) is 11.5 Å². The van der Waals surface area contributed by atoms with Gasteiger partial charge in [-0.2, -0.15) is 0 Å². The predicted molar refractivity (Wildman–Crippen MR) is 138 cm³/mol. The van der Waals surface area contributed by atoms with Gasteiger partial charge in [-0.05, 0) is 24.3 Å². The second-order valence-electron chi connectivity index (χ2n) is 7.04. The van der Waals surface area contributed by atoms with E-state index < -0.39 is 23.0 Å². The quantitative estimate of drug-likeness (QED) is 0.0563. The van der Waals surface area contributed by atoms with Gasteiger partial charge >= 0.3 is 27.5 Å². The van der Waals surface area contributed by atoms with Crippen LogP contribution >= 0.6 is 0 Å². The molecule has 0 aromatic heterocycles. The molecule has 0 aliphatic carbocycles. The summed E-state index contributed by atoms with van der Waals surface area (Å²) in [6.07, 6.45) is 0. The molecule has 0 aliphatic heterocycles. The first-order valence-electron chi connectivity index (χ1n) is 10.2. The Hall–Kier alpha value is -5.24. The summed E-state index contributed by atoms with van der Waals surface area (Å²) in [6.45, 7) is 0. The summed E-state index contributed by atoms with van der Waals surface area (Å²) in [5, 5.41) is 87.7. The van der Waals surface area contributed by atoms with Crippen LogP contribution in [-0.2, 0) is 27.5 Å². The normalized spacial score (nSPS) is 9.15. The minimum absolute atomic E-state index is 0.0373. The van der Waals surface area contributed by atoms with Crippen molar-refractivity contribution in [3.8, 4) is 57.5 Å². The van der Waals surface area contributed by atoms with Gasteiger partial charge in [-0.25, -0.2) is 0 Å². The molecule has 18 N–H and O–H groups in total. The number of rotatable bonds is 0. The molecule has 0 fully saturated rings. The maximum atomic E-state index is 8.85. The van der Waals surface area contributed by atoms with Crippen molar-refractivity contribution in [1.82, 2.24) is 0 Å². The monoisotopic (exact) mass is 636 g/mol. The minimum atomic E-state index is -0.583. The average molecular weight is 638 g/mol. The molecule has 4 rings (SSSR count). The van der Waals surface area contributed by atoms with Crippen molar-refractivity contribution in [2.75, 3.05) is 22.9 Å². The molecule has 0 heterocycles. The molecule has 0 bridgehead atoms. The van der Waals surface area contributed by atoms with Crippen LogP contribution in [0.15, 0.2) is 48.5 Å². The number of nitrogens with two attached hydrogens (primary N) is 4. The fourth-order valence-corrected chi connectivity index (χ4v) is 2.15. The van der Waals surface area contributed by atoms with Crippen LogP contribution in [-0.4, -0.2) is 51.1 Å². The topological polar surface area (TPSA) is 323 Å². The van der Waals surface area contributed by atoms with Gasteiger partial charge in [0.05, 0.1) is 11.4 Å². The fraction of sp³-hybridized carbons (Fsp3) is 0. The van der Waals surface area contributed by atoms with Crippen molar-refractivity contribution in [2.24, 2.45) is 0 Å². The van der Waals surface area contributed by atoms with Gasteiger partial charge in [-0.15, -0.1) is 36.4 Å². The Morgan fingerprint density at radius 3 is 0.925 bits per heavy atom. The van der Waals surface area contributed by atoms with Crippen LogP contribution in [0.3, 0.4) is 0 Å². The molecule has 0 unspecified atom stereocenters. The van der Waals surface area contributed by atoms with Crippen LogP contribution in [0.1, 0.15) is 0 Å². The van der Waals surface area contributed by atoms with Crippen LogP contribution in [0, 0.1) is 12.1 Å². The van der Waals surface area contributed by atoms with Crippen molar-refractivity contribution >= 4 is 22.7 Å². The summed E-state index contributed by atoms with van der Waals surface area (Å²) in [5.74, 6) is -3.93. The zero-order valence-electron chi connectivity index (χ0n) is 20.3. The Balaban J connectivity index is 0.000000497. The summed E-state index contributed by atoms with van der Waals surface area (Å²) in [6, 6.07) is 15.2. The molecule has 0 saturated heterocycles. The van der Waals surface area contributed by atoms with Crippen molar-refractivity contribution < 1.29 is 78.6 Å². The van der Waals surface area contributed by atoms with Gasteiger partial charge in [0.15, 0.2) is 23.0 Å². The molecule has 0 aliphatic rings. The average Bonchev–Trinajstić information content (AvgIpc) is 2.93. The molecule has 0 spiro atoms. The van der Waals surface area contributed by atoms with E-state index in [2.05, 4.69) is 12.1 Å². The first kappa shape index (κ1) is 34.8. The number of hydrogen-bond donors (Lipinski definition) is 14. The third-order valence-electron chi connectivity index (χ3n) is 4.17. The fourth-order valence-electron chi connectivity index (χ4n) is 2.15. The summed E-state index contributed by atoms with van der Waals surface area (Å²) < 4.78 is 8.34. The first-order chi connectivity index (χ1) is 18.6. The molecule has 15 nitrogen and oxygen atoms in total. The SMILES string of the molecule is Nc1[c-]c(O)c(O)cc1.Nc1[c-]c(O)c(O)cc1.Nc1ccc(O)c(O)c1O.Nc1ccc(O)c(O)c1O.[O]=[Zr+2]. The molecular weight excluding hydrogens is 612 g/mol. The Labute approximate surface area is 242 Å². The van der Waals surface area contributed by atoms with Crippen LogP contribution in [0.5, 0.6) is 57.5 Å². The third-order valence-corrected chi connectivity index (χ3v) is 4.17. The summed E-state index contributed by atoms with van der Waals surface area (Å²) in [7, 11) is 0. The van der Waals surface area contributed by atoms with Crippen LogP contribution < -0.4 is 22.9 Å². The van der Waals surface area contributed by atoms with Crippen molar-refractivity contribution in [3.63, 3.8) is 0 Å². The molecular formula is C24H26N4O11Zr. The number of benzene rings is 4. The van der Waals surface area contributed by atoms with Gasteiger partial charge < -0.3 is 74.0 Å². The molecule has 4 aromatic carbocycles. The molecule has 0 radical (unpaired) electrons. The van der Waals surface area contributed by atoms with Crippen LogP contribution in [0.4, 0.5) is 22.7 Å². The van der Waals surface area contributed by atoms with E-state index in [9.17, 15) is 0 Å². The summed E-state index contributed by atoms with van der Waals surface area (Å²) in [4.78, 5) is 0. The third kappa shape index (κ3) is 11.0. The van der Waals surface area contributed by atoms with E-state index in [0.717, 1.165) is 0 Å². The number of phenolic OH excluding ortho intramolecular Hbond substituents is 10. The van der Waals surface area contributed by atoms with E-state index in [1.807, 2.05) is 0 Å².